The van der Waals surface area contributed by atoms with Crippen molar-refractivity contribution in [3.05, 3.63) is 53.8 Å². The van der Waals surface area contributed by atoms with Gasteiger partial charge in [-0.15, -0.1) is 0 Å². The minimum atomic E-state index is -4.89. The highest BCUT2D eigenvalue weighted by Gasteiger charge is 2.41. The predicted octanol–water partition coefficient (Wildman–Crippen LogP) is 4.27. The maximum atomic E-state index is 14.3. The number of hydrogen-bond acceptors (Lipinski definition) is 5. The monoisotopic (exact) mass is 400 g/mol. The van der Waals surface area contributed by atoms with Crippen LogP contribution in [0.5, 0.6) is 0 Å². The van der Waals surface area contributed by atoms with E-state index < -0.39 is 38.0 Å². The van der Waals surface area contributed by atoms with Crippen LogP contribution in [0, 0.1) is 12.7 Å². The van der Waals surface area contributed by atoms with Crippen molar-refractivity contribution in [1.29, 1.82) is 0 Å². The fraction of sp³-hybridized carbons (Fsp3) is 0.176. The van der Waals surface area contributed by atoms with Gasteiger partial charge in [0.2, 0.25) is 5.76 Å². The summed E-state index contributed by atoms with van der Waals surface area (Å²) < 4.78 is 82.1. The SMILES string of the molecule is Cc1ncccc1-c1noc(C(F)(F)F)c1-c1ccc(S(C)(=O)=O)c(F)c1. The largest absolute Gasteiger partial charge is 0.453 e. The minimum absolute atomic E-state index is 0.167. The molecule has 3 aromatic rings. The molecular weight excluding hydrogens is 388 g/mol. The number of sulfone groups is 1. The number of aryl methyl sites for hydroxylation is 1. The van der Waals surface area contributed by atoms with Crippen molar-refractivity contribution in [2.75, 3.05) is 6.26 Å². The normalized spacial score (nSPS) is 12.4. The Morgan fingerprint density at radius 1 is 1.15 bits per heavy atom. The third-order valence-electron chi connectivity index (χ3n) is 3.83. The lowest BCUT2D eigenvalue weighted by atomic mass is 9.98. The molecule has 0 unspecified atom stereocenters. The fourth-order valence-electron chi connectivity index (χ4n) is 2.63. The van der Waals surface area contributed by atoms with E-state index >= 15 is 0 Å². The average molecular weight is 400 g/mol. The van der Waals surface area contributed by atoms with Crippen molar-refractivity contribution in [2.45, 2.75) is 18.0 Å². The Labute approximate surface area is 151 Å². The van der Waals surface area contributed by atoms with Crippen molar-refractivity contribution in [3.63, 3.8) is 0 Å². The highest BCUT2D eigenvalue weighted by Crippen LogP contribution is 2.43. The molecule has 0 amide bonds. The van der Waals surface area contributed by atoms with Gasteiger partial charge in [-0.2, -0.15) is 13.2 Å². The lowest BCUT2D eigenvalue weighted by Gasteiger charge is -2.09. The molecule has 0 aliphatic rings. The molecule has 10 heteroatoms. The Kier molecular flexibility index (Phi) is 4.54. The van der Waals surface area contributed by atoms with Crippen LogP contribution >= 0.6 is 0 Å². The van der Waals surface area contributed by atoms with Gasteiger partial charge in [-0.25, -0.2) is 12.8 Å². The van der Waals surface area contributed by atoms with E-state index in [1.165, 1.54) is 18.3 Å². The zero-order chi connectivity index (χ0) is 20.0. The predicted molar refractivity (Wildman–Crippen MR) is 88.0 cm³/mol. The quantitative estimate of drug-likeness (QED) is 0.614. The van der Waals surface area contributed by atoms with Crippen molar-refractivity contribution in [3.8, 4) is 22.4 Å². The van der Waals surface area contributed by atoms with Crippen molar-refractivity contribution in [2.24, 2.45) is 0 Å². The maximum Gasteiger partial charge on any atom is 0.453 e. The zero-order valence-corrected chi connectivity index (χ0v) is 14.8. The van der Waals surface area contributed by atoms with E-state index in [1.54, 1.807) is 6.92 Å². The molecule has 0 spiro atoms. The van der Waals surface area contributed by atoms with E-state index in [4.69, 9.17) is 0 Å². The summed E-state index contributed by atoms with van der Waals surface area (Å²) >= 11 is 0. The highest BCUT2D eigenvalue weighted by molar-refractivity contribution is 7.90. The standard InChI is InChI=1S/C17H12F4N2O3S/c1-9-11(4-3-7-22-9)15-14(16(26-23-15)17(19,20)21)10-5-6-13(12(18)8-10)27(2,24)25/h3-8H,1-2H3. The maximum absolute atomic E-state index is 14.3. The highest BCUT2D eigenvalue weighted by atomic mass is 32.2. The van der Waals surface area contributed by atoms with Gasteiger partial charge in [-0.05, 0) is 36.8 Å². The van der Waals surface area contributed by atoms with Crippen molar-refractivity contribution in [1.82, 2.24) is 10.1 Å². The summed E-state index contributed by atoms with van der Waals surface area (Å²) in [5, 5.41) is 3.52. The van der Waals surface area contributed by atoms with Gasteiger partial charge in [-0.1, -0.05) is 11.2 Å². The molecule has 0 aliphatic heterocycles. The van der Waals surface area contributed by atoms with E-state index in [1.807, 2.05) is 0 Å². The lowest BCUT2D eigenvalue weighted by molar-refractivity contribution is -0.154. The second kappa shape index (κ2) is 6.45. The Balaban J connectivity index is 2.30. The summed E-state index contributed by atoms with van der Waals surface area (Å²) in [6.07, 6.45) is -2.62. The zero-order valence-electron chi connectivity index (χ0n) is 14.0. The van der Waals surface area contributed by atoms with Crippen LogP contribution in [0.4, 0.5) is 17.6 Å². The number of nitrogens with zero attached hydrogens (tertiary/aromatic N) is 2. The van der Waals surface area contributed by atoms with Gasteiger partial charge in [0, 0.05) is 23.7 Å². The molecule has 3 rings (SSSR count). The van der Waals surface area contributed by atoms with Crippen molar-refractivity contribution >= 4 is 9.84 Å². The topological polar surface area (TPSA) is 73.1 Å². The first-order valence-corrected chi connectivity index (χ1v) is 9.38. The second-order valence-corrected chi connectivity index (χ2v) is 7.77. The summed E-state index contributed by atoms with van der Waals surface area (Å²) in [4.78, 5) is 3.39. The molecule has 5 nitrogen and oxygen atoms in total. The molecular formula is C17H12F4N2O3S. The Hall–Kier alpha value is -2.75. The van der Waals surface area contributed by atoms with Crippen LogP contribution < -0.4 is 0 Å². The average Bonchev–Trinajstić information content (AvgIpc) is 2.99. The van der Waals surface area contributed by atoms with Gasteiger partial charge >= 0.3 is 6.18 Å². The van der Waals surface area contributed by atoms with Gasteiger partial charge < -0.3 is 4.52 Å². The number of alkyl halides is 3. The molecule has 142 valence electrons. The molecule has 0 N–H and O–H groups in total. The summed E-state index contributed by atoms with van der Waals surface area (Å²) in [5.74, 6) is -2.58. The van der Waals surface area contributed by atoms with Crippen LogP contribution in [-0.2, 0) is 16.0 Å². The number of pyridine rings is 1. The molecule has 0 atom stereocenters. The summed E-state index contributed by atoms with van der Waals surface area (Å²) in [5.41, 5.74) is -0.197. The Morgan fingerprint density at radius 3 is 2.41 bits per heavy atom. The molecule has 2 heterocycles. The van der Waals surface area contributed by atoms with Crippen LogP contribution in [0.25, 0.3) is 22.4 Å². The molecule has 0 saturated carbocycles. The fourth-order valence-corrected chi connectivity index (χ4v) is 3.36. The Morgan fingerprint density at radius 2 is 1.85 bits per heavy atom. The third kappa shape index (κ3) is 3.57. The molecule has 0 saturated heterocycles. The van der Waals surface area contributed by atoms with E-state index in [-0.39, 0.29) is 16.8 Å². The Bertz CT molecular complexity index is 1120. The molecule has 0 aliphatic carbocycles. The lowest BCUT2D eigenvalue weighted by Crippen LogP contribution is -2.06. The first kappa shape index (κ1) is 19.0. The molecule has 27 heavy (non-hydrogen) atoms. The third-order valence-corrected chi connectivity index (χ3v) is 4.96. The van der Waals surface area contributed by atoms with Crippen LogP contribution in [0.2, 0.25) is 0 Å². The second-order valence-electron chi connectivity index (χ2n) is 5.79. The summed E-state index contributed by atoms with van der Waals surface area (Å²) in [6, 6.07) is 5.73. The van der Waals surface area contributed by atoms with Gasteiger partial charge in [0.1, 0.15) is 16.4 Å². The molecule has 0 radical (unpaired) electrons. The van der Waals surface area contributed by atoms with Crippen molar-refractivity contribution < 1.29 is 30.5 Å². The number of aromatic nitrogens is 2. The molecule has 2 aromatic heterocycles. The van der Waals surface area contributed by atoms with E-state index in [0.717, 1.165) is 18.4 Å². The van der Waals surface area contributed by atoms with Crippen LogP contribution in [0.15, 0.2) is 45.9 Å². The number of rotatable bonds is 3. The van der Waals surface area contributed by atoms with Gasteiger partial charge in [0.25, 0.3) is 0 Å². The molecule has 0 bridgehead atoms. The molecule has 0 fully saturated rings. The van der Waals surface area contributed by atoms with E-state index in [9.17, 15) is 26.0 Å². The summed E-state index contributed by atoms with van der Waals surface area (Å²) in [7, 11) is -3.87. The molecule has 1 aromatic carbocycles. The van der Waals surface area contributed by atoms with E-state index in [0.29, 0.717) is 11.8 Å². The first-order chi connectivity index (χ1) is 12.5. The van der Waals surface area contributed by atoms with E-state index in [2.05, 4.69) is 14.7 Å². The van der Waals surface area contributed by atoms with Gasteiger partial charge in [0.15, 0.2) is 9.84 Å². The number of hydrogen-bond donors (Lipinski definition) is 0. The minimum Gasteiger partial charge on any atom is -0.350 e. The smallest absolute Gasteiger partial charge is 0.350 e. The number of halogens is 4. The first-order valence-electron chi connectivity index (χ1n) is 7.49. The van der Waals surface area contributed by atoms with Crippen LogP contribution in [0.1, 0.15) is 11.5 Å². The number of benzene rings is 1. The van der Waals surface area contributed by atoms with Gasteiger partial charge in [0.05, 0.1) is 5.56 Å². The summed E-state index contributed by atoms with van der Waals surface area (Å²) in [6.45, 7) is 1.58. The van der Waals surface area contributed by atoms with Crippen LogP contribution in [0.3, 0.4) is 0 Å². The van der Waals surface area contributed by atoms with Gasteiger partial charge in [-0.3, -0.25) is 4.98 Å². The van der Waals surface area contributed by atoms with Crippen LogP contribution in [-0.4, -0.2) is 24.8 Å².